The van der Waals surface area contributed by atoms with Crippen LogP contribution < -0.4 is 10.6 Å². The number of carbonyl (C=O) groups excluding carboxylic acids is 1. The molecule has 2 aromatic rings. The second kappa shape index (κ2) is 8.09. The molecule has 5 heteroatoms. The highest BCUT2D eigenvalue weighted by Gasteiger charge is 2.15. The normalized spacial score (nSPS) is 17.2. The zero-order valence-corrected chi connectivity index (χ0v) is 14.0. The summed E-state index contributed by atoms with van der Waals surface area (Å²) in [5, 5.41) is 6.34. The largest absolute Gasteiger partial charge is 0.322 e. The Bertz CT molecular complexity index is 634. The highest BCUT2D eigenvalue weighted by molar-refractivity contribution is 6.04. The van der Waals surface area contributed by atoms with Crippen LogP contribution in [-0.4, -0.2) is 24.0 Å². The third-order valence-corrected chi connectivity index (χ3v) is 4.11. The lowest BCUT2D eigenvalue weighted by molar-refractivity contribution is 0.102. The molecule has 4 nitrogen and oxygen atoms in total. The van der Waals surface area contributed by atoms with Gasteiger partial charge in [0.15, 0.2) is 0 Å². The molecule has 3 rings (SSSR count). The first-order chi connectivity index (χ1) is 10.7. The molecule has 122 valence electrons. The van der Waals surface area contributed by atoms with E-state index >= 15 is 0 Å². The number of hydrogen-bond donors (Lipinski definition) is 2. The van der Waals surface area contributed by atoms with Gasteiger partial charge in [-0.05, 0) is 62.1 Å². The number of aromatic nitrogens is 1. The number of nitrogens with one attached hydrogen (secondary N) is 2. The fourth-order valence-electron chi connectivity index (χ4n) is 2.78. The van der Waals surface area contributed by atoms with Gasteiger partial charge >= 0.3 is 0 Å². The molecule has 1 fully saturated rings. The van der Waals surface area contributed by atoms with Gasteiger partial charge in [-0.3, -0.25) is 9.78 Å². The minimum atomic E-state index is -0.125. The third kappa shape index (κ3) is 4.53. The van der Waals surface area contributed by atoms with E-state index in [9.17, 15) is 4.79 Å². The van der Waals surface area contributed by atoms with Gasteiger partial charge in [0, 0.05) is 24.1 Å². The summed E-state index contributed by atoms with van der Waals surface area (Å²) in [7, 11) is 0. The molecule has 1 atom stereocenters. The van der Waals surface area contributed by atoms with Gasteiger partial charge in [0.25, 0.3) is 5.91 Å². The van der Waals surface area contributed by atoms with E-state index in [1.54, 1.807) is 12.3 Å². The molecule has 1 aliphatic heterocycles. The van der Waals surface area contributed by atoms with Gasteiger partial charge in [0.1, 0.15) is 0 Å². The number of hydrogen-bond acceptors (Lipinski definition) is 3. The van der Waals surface area contributed by atoms with Crippen LogP contribution in [0.1, 0.15) is 40.4 Å². The van der Waals surface area contributed by atoms with E-state index in [2.05, 4.69) is 27.8 Å². The molecular weight excluding hydrogens is 310 g/mol. The summed E-state index contributed by atoms with van der Waals surface area (Å²) >= 11 is 0. The number of piperidine rings is 1. The van der Waals surface area contributed by atoms with E-state index in [1.807, 2.05) is 25.1 Å². The molecule has 2 N–H and O–H groups in total. The van der Waals surface area contributed by atoms with Crippen molar-refractivity contribution in [3.05, 3.63) is 59.4 Å². The molecule has 0 spiro atoms. The number of nitrogens with zero attached hydrogens (tertiary/aromatic N) is 1. The first-order valence-corrected chi connectivity index (χ1v) is 7.77. The smallest absolute Gasteiger partial charge is 0.257 e. The Hall–Kier alpha value is -1.91. The van der Waals surface area contributed by atoms with E-state index in [4.69, 9.17) is 0 Å². The lowest BCUT2D eigenvalue weighted by Gasteiger charge is -2.23. The van der Waals surface area contributed by atoms with Crippen LogP contribution in [0, 0.1) is 6.92 Å². The number of halogens is 1. The van der Waals surface area contributed by atoms with E-state index in [0.29, 0.717) is 11.5 Å². The molecule has 0 radical (unpaired) electrons. The summed E-state index contributed by atoms with van der Waals surface area (Å²) in [4.78, 5) is 16.3. The number of rotatable bonds is 3. The molecule has 1 amide bonds. The molecule has 1 aromatic carbocycles. The summed E-state index contributed by atoms with van der Waals surface area (Å²) < 4.78 is 0. The maximum atomic E-state index is 12.2. The lowest BCUT2D eigenvalue weighted by Crippen LogP contribution is -2.28. The average molecular weight is 332 g/mol. The number of pyridine rings is 1. The maximum absolute atomic E-state index is 12.2. The Labute approximate surface area is 143 Å². The Morgan fingerprint density at radius 1 is 1.22 bits per heavy atom. The second-order valence-electron chi connectivity index (χ2n) is 5.81. The molecule has 0 bridgehead atoms. The Kier molecular flexibility index (Phi) is 6.13. The fraction of sp³-hybridized carbons (Fsp3) is 0.333. The van der Waals surface area contributed by atoms with Crippen molar-refractivity contribution in [3.8, 4) is 0 Å². The topological polar surface area (TPSA) is 54.0 Å². The van der Waals surface area contributed by atoms with Crippen molar-refractivity contribution in [1.82, 2.24) is 10.3 Å². The van der Waals surface area contributed by atoms with E-state index in [-0.39, 0.29) is 18.3 Å². The predicted molar refractivity (Wildman–Crippen MR) is 95.5 cm³/mol. The fourth-order valence-corrected chi connectivity index (χ4v) is 2.78. The SMILES string of the molecule is Cc1ccc(C(=O)Nc2ccc([C@@H]3CCCNC3)cc2)cn1.Cl. The number of amides is 1. The molecule has 23 heavy (non-hydrogen) atoms. The van der Waals surface area contributed by atoms with Crippen LogP contribution in [0.2, 0.25) is 0 Å². The van der Waals surface area contributed by atoms with Gasteiger partial charge in [-0.25, -0.2) is 0 Å². The lowest BCUT2D eigenvalue weighted by atomic mass is 9.92. The number of anilines is 1. The van der Waals surface area contributed by atoms with Crippen molar-refractivity contribution in [1.29, 1.82) is 0 Å². The molecule has 1 aliphatic rings. The minimum Gasteiger partial charge on any atom is -0.322 e. The van der Waals surface area contributed by atoms with Crippen molar-refractivity contribution >= 4 is 24.0 Å². The summed E-state index contributed by atoms with van der Waals surface area (Å²) in [5.74, 6) is 0.458. The highest BCUT2D eigenvalue weighted by atomic mass is 35.5. The highest BCUT2D eigenvalue weighted by Crippen LogP contribution is 2.24. The number of carbonyl (C=O) groups is 1. The Morgan fingerprint density at radius 3 is 2.61 bits per heavy atom. The molecule has 0 unspecified atom stereocenters. The van der Waals surface area contributed by atoms with Gasteiger partial charge in [-0.2, -0.15) is 0 Å². The van der Waals surface area contributed by atoms with Crippen LogP contribution in [0.4, 0.5) is 5.69 Å². The van der Waals surface area contributed by atoms with Crippen molar-refractivity contribution in [2.75, 3.05) is 18.4 Å². The molecule has 1 aromatic heterocycles. The zero-order valence-electron chi connectivity index (χ0n) is 13.2. The van der Waals surface area contributed by atoms with Crippen molar-refractivity contribution in [2.45, 2.75) is 25.7 Å². The van der Waals surface area contributed by atoms with Gasteiger partial charge < -0.3 is 10.6 Å². The van der Waals surface area contributed by atoms with Crippen LogP contribution in [0.3, 0.4) is 0 Å². The maximum Gasteiger partial charge on any atom is 0.257 e. The van der Waals surface area contributed by atoms with Crippen LogP contribution in [0.15, 0.2) is 42.6 Å². The van der Waals surface area contributed by atoms with Crippen molar-refractivity contribution < 1.29 is 4.79 Å². The summed E-state index contributed by atoms with van der Waals surface area (Å²) in [6.07, 6.45) is 4.06. The summed E-state index contributed by atoms with van der Waals surface area (Å²) in [6, 6.07) is 11.8. The van der Waals surface area contributed by atoms with E-state index in [0.717, 1.165) is 24.5 Å². The Balaban J connectivity index is 0.00000192. The van der Waals surface area contributed by atoms with Crippen LogP contribution in [0.25, 0.3) is 0 Å². The van der Waals surface area contributed by atoms with Crippen LogP contribution in [0.5, 0.6) is 0 Å². The predicted octanol–water partition coefficient (Wildman–Crippen LogP) is 3.53. The van der Waals surface area contributed by atoms with Crippen molar-refractivity contribution in [3.63, 3.8) is 0 Å². The monoisotopic (exact) mass is 331 g/mol. The van der Waals surface area contributed by atoms with Gasteiger partial charge in [0.05, 0.1) is 5.56 Å². The van der Waals surface area contributed by atoms with Crippen molar-refractivity contribution in [2.24, 2.45) is 0 Å². The molecule has 2 heterocycles. The standard InChI is InChI=1S/C18H21N3O.ClH/c1-13-4-5-16(12-20-13)18(22)21-17-8-6-14(7-9-17)15-3-2-10-19-11-15;/h4-9,12,15,19H,2-3,10-11H2,1H3,(H,21,22);1H/t15-;/m1./s1. The number of aryl methyl sites for hydroxylation is 1. The minimum absolute atomic E-state index is 0. The summed E-state index contributed by atoms with van der Waals surface area (Å²) in [5.41, 5.74) is 3.63. The molecule has 0 aliphatic carbocycles. The number of benzene rings is 1. The van der Waals surface area contributed by atoms with Gasteiger partial charge in [-0.15, -0.1) is 12.4 Å². The molecule has 1 saturated heterocycles. The van der Waals surface area contributed by atoms with Gasteiger partial charge in [-0.1, -0.05) is 12.1 Å². The van der Waals surface area contributed by atoms with Crippen LogP contribution >= 0.6 is 12.4 Å². The zero-order chi connectivity index (χ0) is 15.4. The first kappa shape index (κ1) is 17.4. The van der Waals surface area contributed by atoms with Crippen LogP contribution in [-0.2, 0) is 0 Å². The molecule has 0 saturated carbocycles. The first-order valence-electron chi connectivity index (χ1n) is 7.77. The Morgan fingerprint density at radius 2 is 2.00 bits per heavy atom. The second-order valence-corrected chi connectivity index (χ2v) is 5.81. The average Bonchev–Trinajstić information content (AvgIpc) is 2.57. The van der Waals surface area contributed by atoms with Gasteiger partial charge in [0.2, 0.25) is 0 Å². The quantitative estimate of drug-likeness (QED) is 0.904. The third-order valence-electron chi connectivity index (χ3n) is 4.11. The van der Waals surface area contributed by atoms with E-state index < -0.39 is 0 Å². The molecular formula is C18H22ClN3O. The summed E-state index contributed by atoms with van der Waals surface area (Å²) in [6.45, 7) is 4.07. The van der Waals surface area contributed by atoms with E-state index in [1.165, 1.54) is 18.4 Å².